The van der Waals surface area contributed by atoms with Crippen molar-refractivity contribution in [2.75, 3.05) is 6.54 Å². The van der Waals surface area contributed by atoms with Crippen LogP contribution >= 0.6 is 0 Å². The first-order valence-corrected chi connectivity index (χ1v) is 5.18. The van der Waals surface area contributed by atoms with Crippen LogP contribution in [0.15, 0.2) is 12.7 Å². The minimum atomic E-state index is -0.217. The van der Waals surface area contributed by atoms with E-state index in [4.69, 9.17) is 5.26 Å². The monoisotopic (exact) mass is 209 g/mol. The van der Waals surface area contributed by atoms with Gasteiger partial charge in [0, 0.05) is 12.6 Å². The largest absolute Gasteiger partial charge is 0.337 e. The maximum atomic E-state index is 11.3. The number of carbonyl (C=O) groups excluding carboxylic acids is 1. The van der Waals surface area contributed by atoms with Crippen LogP contribution in [0, 0.1) is 17.2 Å². The summed E-state index contributed by atoms with van der Waals surface area (Å²) in [6.07, 6.45) is 3.41. The number of urea groups is 1. The fraction of sp³-hybridized carbons (Fsp3) is 0.636. The van der Waals surface area contributed by atoms with Gasteiger partial charge in [-0.25, -0.2) is 4.79 Å². The van der Waals surface area contributed by atoms with Gasteiger partial charge in [-0.1, -0.05) is 13.0 Å². The van der Waals surface area contributed by atoms with Crippen molar-refractivity contribution in [2.45, 2.75) is 32.7 Å². The molecule has 0 bridgehead atoms. The van der Waals surface area contributed by atoms with Crippen molar-refractivity contribution in [3.8, 4) is 6.07 Å². The lowest BCUT2D eigenvalue weighted by Crippen LogP contribution is -2.42. The molecule has 0 rings (SSSR count). The Morgan fingerprint density at radius 3 is 2.80 bits per heavy atom. The number of nitrogens with zero attached hydrogens (tertiary/aromatic N) is 1. The number of amides is 2. The summed E-state index contributed by atoms with van der Waals surface area (Å²) in [7, 11) is 0. The summed E-state index contributed by atoms with van der Waals surface area (Å²) in [4.78, 5) is 11.3. The highest BCUT2D eigenvalue weighted by Gasteiger charge is 2.08. The first-order valence-electron chi connectivity index (χ1n) is 5.18. The molecule has 0 fully saturated rings. The van der Waals surface area contributed by atoms with Crippen molar-refractivity contribution in [1.29, 1.82) is 5.26 Å². The second-order valence-electron chi connectivity index (χ2n) is 3.51. The van der Waals surface area contributed by atoms with Crippen molar-refractivity contribution >= 4 is 6.03 Å². The van der Waals surface area contributed by atoms with Gasteiger partial charge in [0.1, 0.15) is 0 Å². The smallest absolute Gasteiger partial charge is 0.315 e. The van der Waals surface area contributed by atoms with Crippen molar-refractivity contribution < 1.29 is 4.79 Å². The molecule has 0 aliphatic carbocycles. The SMILES string of the molecule is C=CC[C@H](CC)NC(=O)NC[C@H](C)C#N. The maximum Gasteiger partial charge on any atom is 0.315 e. The lowest BCUT2D eigenvalue weighted by atomic mass is 10.1. The second kappa shape index (κ2) is 7.86. The van der Waals surface area contributed by atoms with Gasteiger partial charge < -0.3 is 10.6 Å². The van der Waals surface area contributed by atoms with Gasteiger partial charge in [0.2, 0.25) is 0 Å². The fourth-order valence-electron chi connectivity index (χ4n) is 1.06. The number of nitrogens with one attached hydrogen (secondary N) is 2. The summed E-state index contributed by atoms with van der Waals surface area (Å²) in [5, 5.41) is 14.0. The van der Waals surface area contributed by atoms with Gasteiger partial charge in [0.15, 0.2) is 0 Å². The maximum absolute atomic E-state index is 11.3. The Bertz CT molecular complexity index is 245. The molecule has 15 heavy (non-hydrogen) atoms. The van der Waals surface area contributed by atoms with Crippen molar-refractivity contribution in [3.63, 3.8) is 0 Å². The van der Waals surface area contributed by atoms with Crippen LogP contribution in [-0.2, 0) is 0 Å². The van der Waals surface area contributed by atoms with Crippen LogP contribution in [0.4, 0.5) is 4.79 Å². The molecule has 84 valence electrons. The van der Waals surface area contributed by atoms with Gasteiger partial charge in [-0.15, -0.1) is 6.58 Å². The first kappa shape index (κ1) is 13.5. The van der Waals surface area contributed by atoms with Crippen LogP contribution in [0.2, 0.25) is 0 Å². The van der Waals surface area contributed by atoms with E-state index in [1.165, 1.54) is 0 Å². The molecule has 0 aliphatic rings. The summed E-state index contributed by atoms with van der Waals surface area (Å²) in [6.45, 7) is 7.78. The van der Waals surface area contributed by atoms with Crippen LogP contribution in [-0.4, -0.2) is 18.6 Å². The van der Waals surface area contributed by atoms with E-state index in [2.05, 4.69) is 23.3 Å². The van der Waals surface area contributed by atoms with Gasteiger partial charge in [0.25, 0.3) is 0 Å². The fourth-order valence-corrected chi connectivity index (χ4v) is 1.06. The number of carbonyl (C=O) groups is 1. The molecule has 2 amide bonds. The molecule has 2 atom stereocenters. The highest BCUT2D eigenvalue weighted by atomic mass is 16.2. The van der Waals surface area contributed by atoms with Gasteiger partial charge in [-0.2, -0.15) is 5.26 Å². The lowest BCUT2D eigenvalue weighted by molar-refractivity contribution is 0.236. The molecular weight excluding hydrogens is 190 g/mol. The molecular formula is C11H19N3O. The highest BCUT2D eigenvalue weighted by Crippen LogP contribution is 1.97. The van der Waals surface area contributed by atoms with E-state index in [-0.39, 0.29) is 18.0 Å². The molecule has 2 N–H and O–H groups in total. The number of rotatable bonds is 6. The molecule has 0 radical (unpaired) electrons. The van der Waals surface area contributed by atoms with Crippen LogP contribution in [0.3, 0.4) is 0 Å². The van der Waals surface area contributed by atoms with Gasteiger partial charge in [-0.05, 0) is 19.8 Å². The highest BCUT2D eigenvalue weighted by molar-refractivity contribution is 5.74. The summed E-state index contributed by atoms with van der Waals surface area (Å²) >= 11 is 0. The number of hydrogen-bond donors (Lipinski definition) is 2. The molecule has 0 aromatic heterocycles. The average Bonchev–Trinajstić information content (AvgIpc) is 2.25. The summed E-state index contributed by atoms with van der Waals surface area (Å²) in [5.74, 6) is -0.157. The average molecular weight is 209 g/mol. The third-order valence-electron chi connectivity index (χ3n) is 2.07. The predicted octanol–water partition coefficient (Wildman–Crippen LogP) is 1.80. The van der Waals surface area contributed by atoms with Gasteiger partial charge >= 0.3 is 6.03 Å². The van der Waals surface area contributed by atoms with Crippen molar-refractivity contribution in [2.24, 2.45) is 5.92 Å². The Morgan fingerprint density at radius 2 is 2.33 bits per heavy atom. The number of nitriles is 1. The zero-order valence-corrected chi connectivity index (χ0v) is 9.42. The Labute approximate surface area is 91.4 Å². The summed E-state index contributed by atoms with van der Waals surface area (Å²) in [5.41, 5.74) is 0. The standard InChI is InChI=1S/C11H19N3O/c1-4-6-10(5-2)14-11(15)13-8-9(3)7-12/h4,9-10H,1,5-6,8H2,2-3H3,(H2,13,14,15)/t9-,10+/m1/s1. The number of hydrogen-bond acceptors (Lipinski definition) is 2. The Balaban J connectivity index is 3.81. The Morgan fingerprint density at radius 1 is 1.67 bits per heavy atom. The minimum Gasteiger partial charge on any atom is -0.337 e. The van der Waals surface area contributed by atoms with Crippen molar-refractivity contribution in [1.82, 2.24) is 10.6 Å². The van der Waals surface area contributed by atoms with E-state index in [9.17, 15) is 4.79 Å². The lowest BCUT2D eigenvalue weighted by Gasteiger charge is -2.15. The van der Waals surface area contributed by atoms with E-state index in [0.717, 1.165) is 12.8 Å². The van der Waals surface area contributed by atoms with E-state index in [0.29, 0.717) is 6.54 Å². The molecule has 4 heteroatoms. The molecule has 0 heterocycles. The quantitative estimate of drug-likeness (QED) is 0.655. The van der Waals surface area contributed by atoms with E-state index in [1.807, 2.05) is 6.92 Å². The minimum absolute atomic E-state index is 0.125. The molecule has 0 saturated carbocycles. The second-order valence-corrected chi connectivity index (χ2v) is 3.51. The summed E-state index contributed by atoms with van der Waals surface area (Å²) < 4.78 is 0. The zero-order chi connectivity index (χ0) is 11.7. The topological polar surface area (TPSA) is 64.9 Å². The van der Waals surface area contributed by atoms with E-state index < -0.39 is 0 Å². The van der Waals surface area contributed by atoms with Crippen LogP contribution in [0.25, 0.3) is 0 Å². The molecule has 0 aliphatic heterocycles. The van der Waals surface area contributed by atoms with E-state index >= 15 is 0 Å². The third-order valence-corrected chi connectivity index (χ3v) is 2.07. The normalized spacial score (nSPS) is 13.4. The Hall–Kier alpha value is -1.50. The van der Waals surface area contributed by atoms with E-state index in [1.54, 1.807) is 13.0 Å². The Kier molecular flexibility index (Phi) is 7.08. The third kappa shape index (κ3) is 6.55. The first-order chi connectivity index (χ1) is 7.13. The molecule has 0 unspecified atom stereocenters. The molecule has 0 aromatic rings. The molecule has 0 saturated heterocycles. The van der Waals surface area contributed by atoms with Crippen LogP contribution < -0.4 is 10.6 Å². The zero-order valence-electron chi connectivity index (χ0n) is 9.42. The van der Waals surface area contributed by atoms with Crippen LogP contribution in [0.1, 0.15) is 26.7 Å². The summed E-state index contributed by atoms with van der Waals surface area (Å²) in [6, 6.07) is 1.96. The van der Waals surface area contributed by atoms with Gasteiger partial charge in [0.05, 0.1) is 12.0 Å². The molecule has 0 aromatic carbocycles. The predicted molar refractivity (Wildman–Crippen MR) is 60.2 cm³/mol. The van der Waals surface area contributed by atoms with Crippen molar-refractivity contribution in [3.05, 3.63) is 12.7 Å². The molecule has 0 spiro atoms. The molecule has 4 nitrogen and oxygen atoms in total. The van der Waals surface area contributed by atoms with Gasteiger partial charge in [-0.3, -0.25) is 0 Å². The van der Waals surface area contributed by atoms with Crippen LogP contribution in [0.5, 0.6) is 0 Å².